The Morgan fingerprint density at radius 2 is 2.13 bits per heavy atom. The van der Waals surface area contributed by atoms with Crippen LogP contribution in [0.3, 0.4) is 0 Å². The Morgan fingerprint density at radius 1 is 1.35 bits per heavy atom. The van der Waals surface area contributed by atoms with E-state index in [0.29, 0.717) is 16.6 Å². The van der Waals surface area contributed by atoms with Crippen LogP contribution in [-0.4, -0.2) is 26.4 Å². The number of anilines is 1. The summed E-state index contributed by atoms with van der Waals surface area (Å²) in [5.41, 5.74) is 0.0358. The summed E-state index contributed by atoms with van der Waals surface area (Å²) in [6.07, 6.45) is 4.72. The molecule has 5 nitrogen and oxygen atoms in total. The van der Waals surface area contributed by atoms with Crippen molar-refractivity contribution in [1.29, 1.82) is 0 Å². The maximum atomic E-state index is 13.8. The molecule has 3 aromatic rings. The molecule has 2 aromatic heterocycles. The fourth-order valence-electron chi connectivity index (χ4n) is 2.40. The number of benzene rings is 1. The molecule has 1 atom stereocenters. The molecule has 0 saturated carbocycles. The van der Waals surface area contributed by atoms with Crippen molar-refractivity contribution in [2.45, 2.75) is 12.5 Å². The Balaban J connectivity index is 1.90. The van der Waals surface area contributed by atoms with E-state index in [1.807, 2.05) is 0 Å². The Hall–Kier alpha value is -2.54. The third kappa shape index (κ3) is 3.00. The van der Waals surface area contributed by atoms with E-state index in [4.69, 9.17) is 0 Å². The third-order valence-electron chi connectivity index (χ3n) is 3.71. The molecule has 120 valence electrons. The highest BCUT2D eigenvalue weighted by atomic mass is 19.1. The van der Waals surface area contributed by atoms with E-state index in [2.05, 4.69) is 15.4 Å². The van der Waals surface area contributed by atoms with Gasteiger partial charge in [-0.05, 0) is 19.1 Å². The van der Waals surface area contributed by atoms with Gasteiger partial charge in [-0.2, -0.15) is 5.10 Å². The fraction of sp³-hybridized carbons (Fsp3) is 0.250. The summed E-state index contributed by atoms with van der Waals surface area (Å²) in [7, 11) is 1.76. The number of hydrogen-bond acceptors (Lipinski definition) is 4. The predicted octanol–water partition coefficient (Wildman–Crippen LogP) is 2.57. The van der Waals surface area contributed by atoms with Crippen molar-refractivity contribution in [1.82, 2.24) is 14.8 Å². The van der Waals surface area contributed by atoms with E-state index in [1.165, 1.54) is 12.3 Å². The van der Waals surface area contributed by atoms with Gasteiger partial charge in [0.05, 0.1) is 6.20 Å². The van der Waals surface area contributed by atoms with Crippen molar-refractivity contribution in [2.24, 2.45) is 7.05 Å². The molecule has 0 aliphatic heterocycles. The largest absolute Gasteiger partial charge is 0.383 e. The number of nitrogens with one attached hydrogen (secondary N) is 1. The second-order valence-electron chi connectivity index (χ2n) is 5.67. The lowest BCUT2D eigenvalue weighted by atomic mass is 9.99. The maximum Gasteiger partial charge on any atom is 0.152 e. The second kappa shape index (κ2) is 5.58. The Morgan fingerprint density at radius 3 is 2.83 bits per heavy atom. The highest BCUT2D eigenvalue weighted by molar-refractivity contribution is 5.91. The number of aromatic nitrogens is 3. The minimum Gasteiger partial charge on any atom is -0.383 e. The first kappa shape index (κ1) is 15.4. The molecule has 0 radical (unpaired) electrons. The van der Waals surface area contributed by atoms with E-state index in [1.54, 1.807) is 37.1 Å². The van der Waals surface area contributed by atoms with E-state index < -0.39 is 17.2 Å². The summed E-state index contributed by atoms with van der Waals surface area (Å²) in [4.78, 5) is 3.93. The number of nitrogens with zero attached hydrogens (tertiary/aromatic N) is 3. The number of hydrogen-bond donors (Lipinski definition) is 2. The number of rotatable bonds is 4. The van der Waals surface area contributed by atoms with Gasteiger partial charge in [0.25, 0.3) is 0 Å². The number of halogens is 2. The first-order chi connectivity index (χ1) is 10.9. The zero-order valence-electron chi connectivity index (χ0n) is 12.7. The Kier molecular flexibility index (Phi) is 3.73. The molecule has 2 N–H and O–H groups in total. The quantitative estimate of drug-likeness (QED) is 0.776. The van der Waals surface area contributed by atoms with Crippen molar-refractivity contribution in [2.75, 3.05) is 11.9 Å². The molecule has 0 spiro atoms. The van der Waals surface area contributed by atoms with Crippen molar-refractivity contribution in [3.8, 4) is 0 Å². The minimum atomic E-state index is -1.18. The zero-order valence-corrected chi connectivity index (χ0v) is 12.7. The molecule has 1 unspecified atom stereocenters. The summed E-state index contributed by atoms with van der Waals surface area (Å²) in [6.45, 7) is 1.79. The van der Waals surface area contributed by atoms with Gasteiger partial charge in [0, 0.05) is 48.7 Å². The number of aliphatic hydroxyl groups is 1. The van der Waals surface area contributed by atoms with Gasteiger partial charge in [0.15, 0.2) is 5.82 Å². The topological polar surface area (TPSA) is 63.0 Å². The van der Waals surface area contributed by atoms with Gasteiger partial charge in [0.1, 0.15) is 16.9 Å². The van der Waals surface area contributed by atoms with Crippen LogP contribution in [0.15, 0.2) is 36.8 Å². The average Bonchev–Trinajstić information content (AvgIpc) is 2.93. The van der Waals surface area contributed by atoms with E-state index in [-0.39, 0.29) is 12.1 Å². The van der Waals surface area contributed by atoms with Gasteiger partial charge < -0.3 is 10.4 Å². The SMILES string of the molecule is Cn1cc(C(C)(O)CNc2ccnc3c(F)cc(F)cc23)cn1. The Bertz CT molecular complexity index is 860. The summed E-state index contributed by atoms with van der Waals surface area (Å²) in [5, 5.41) is 17.9. The predicted molar refractivity (Wildman–Crippen MR) is 82.9 cm³/mol. The molecule has 2 heterocycles. The van der Waals surface area contributed by atoms with Crippen molar-refractivity contribution in [3.05, 3.63) is 54.0 Å². The molecule has 0 fully saturated rings. The molecule has 0 saturated heterocycles. The van der Waals surface area contributed by atoms with Crippen LogP contribution in [0, 0.1) is 11.6 Å². The lowest BCUT2D eigenvalue weighted by Crippen LogP contribution is -2.30. The van der Waals surface area contributed by atoms with Crippen molar-refractivity contribution < 1.29 is 13.9 Å². The van der Waals surface area contributed by atoms with Gasteiger partial charge in [0.2, 0.25) is 0 Å². The van der Waals surface area contributed by atoms with E-state index >= 15 is 0 Å². The van der Waals surface area contributed by atoms with Gasteiger partial charge in [-0.15, -0.1) is 0 Å². The van der Waals surface area contributed by atoms with E-state index in [0.717, 1.165) is 6.07 Å². The molecule has 7 heteroatoms. The number of fused-ring (bicyclic) bond motifs is 1. The Labute approximate surface area is 131 Å². The highest BCUT2D eigenvalue weighted by Crippen LogP contribution is 2.27. The molecule has 23 heavy (non-hydrogen) atoms. The van der Waals surface area contributed by atoms with Crippen LogP contribution in [0.5, 0.6) is 0 Å². The lowest BCUT2D eigenvalue weighted by Gasteiger charge is -2.23. The first-order valence-corrected chi connectivity index (χ1v) is 7.06. The third-order valence-corrected chi connectivity index (χ3v) is 3.71. The molecular formula is C16H16F2N4O. The molecule has 0 aliphatic rings. The minimum absolute atomic E-state index is 0.0809. The molecule has 0 aliphatic carbocycles. The van der Waals surface area contributed by atoms with E-state index in [9.17, 15) is 13.9 Å². The van der Waals surface area contributed by atoms with Gasteiger partial charge >= 0.3 is 0 Å². The molecule has 0 amide bonds. The zero-order chi connectivity index (χ0) is 16.6. The maximum absolute atomic E-state index is 13.8. The van der Waals surface area contributed by atoms with Crippen molar-refractivity contribution >= 4 is 16.6 Å². The van der Waals surface area contributed by atoms with Crippen LogP contribution in [-0.2, 0) is 12.6 Å². The second-order valence-corrected chi connectivity index (χ2v) is 5.67. The monoisotopic (exact) mass is 318 g/mol. The summed E-state index contributed by atoms with van der Waals surface area (Å²) >= 11 is 0. The van der Waals surface area contributed by atoms with Crippen LogP contribution in [0.1, 0.15) is 12.5 Å². The van der Waals surface area contributed by atoms with Gasteiger partial charge in [-0.25, -0.2) is 8.78 Å². The summed E-state index contributed by atoms with van der Waals surface area (Å²) < 4.78 is 28.8. The summed E-state index contributed by atoms with van der Waals surface area (Å²) in [6, 6.07) is 3.62. The van der Waals surface area contributed by atoms with Crippen LogP contribution in [0.25, 0.3) is 10.9 Å². The first-order valence-electron chi connectivity index (χ1n) is 7.06. The average molecular weight is 318 g/mol. The highest BCUT2D eigenvalue weighted by Gasteiger charge is 2.24. The molecule has 1 aromatic carbocycles. The smallest absolute Gasteiger partial charge is 0.152 e. The van der Waals surface area contributed by atoms with Crippen LogP contribution in [0.2, 0.25) is 0 Å². The lowest BCUT2D eigenvalue weighted by molar-refractivity contribution is 0.0715. The van der Waals surface area contributed by atoms with Crippen LogP contribution >= 0.6 is 0 Å². The normalized spacial score (nSPS) is 14.0. The fourth-order valence-corrected chi connectivity index (χ4v) is 2.40. The number of aryl methyl sites for hydroxylation is 1. The summed E-state index contributed by atoms with van der Waals surface area (Å²) in [5.74, 6) is -1.40. The van der Waals surface area contributed by atoms with Crippen LogP contribution < -0.4 is 5.32 Å². The van der Waals surface area contributed by atoms with Crippen molar-refractivity contribution in [3.63, 3.8) is 0 Å². The molecule has 3 rings (SSSR count). The number of pyridine rings is 1. The van der Waals surface area contributed by atoms with Gasteiger partial charge in [-0.3, -0.25) is 9.67 Å². The molecule has 0 bridgehead atoms. The van der Waals surface area contributed by atoms with Gasteiger partial charge in [-0.1, -0.05) is 0 Å². The molecular weight excluding hydrogens is 302 g/mol. The standard InChI is InChI=1S/C16H16F2N4O/c1-16(23,10-7-21-22(2)8-10)9-20-14-3-4-19-15-12(14)5-11(17)6-13(15)18/h3-8,23H,9H2,1-2H3,(H,19,20). The van der Waals surface area contributed by atoms with Crippen LogP contribution in [0.4, 0.5) is 14.5 Å².